The highest BCUT2D eigenvalue weighted by Gasteiger charge is 2.38. The fourth-order valence-corrected chi connectivity index (χ4v) is 4.35. The Hall–Kier alpha value is -3.07. The fraction of sp³-hybridized carbons (Fsp3) is 0.630. The molecule has 1 saturated heterocycles. The van der Waals surface area contributed by atoms with Crippen LogP contribution < -0.4 is 16.4 Å². The van der Waals surface area contributed by atoms with Gasteiger partial charge in [0.25, 0.3) is 0 Å². The summed E-state index contributed by atoms with van der Waals surface area (Å²) < 4.78 is 29.3. The van der Waals surface area contributed by atoms with Gasteiger partial charge in [-0.2, -0.15) is 10.2 Å². The monoisotopic (exact) mass is 531 g/mol. The molecule has 2 heterocycles. The average Bonchev–Trinajstić information content (AvgIpc) is 2.86. The van der Waals surface area contributed by atoms with E-state index >= 15 is 0 Å². The van der Waals surface area contributed by atoms with Gasteiger partial charge in [-0.3, -0.25) is 4.79 Å². The van der Waals surface area contributed by atoms with E-state index in [9.17, 15) is 19.2 Å². The minimum Gasteiger partial charge on any atom is -0.408 e. The Labute approximate surface area is 222 Å². The molecule has 1 aliphatic heterocycles. The first-order valence-electron chi connectivity index (χ1n) is 12.9. The van der Waals surface area contributed by atoms with Crippen LogP contribution in [0.3, 0.4) is 0 Å². The predicted octanol–water partition coefficient (Wildman–Crippen LogP) is 3.07. The maximum Gasteiger partial charge on any atom is 0.441 e. The number of anilines is 1. The van der Waals surface area contributed by atoms with E-state index in [0.29, 0.717) is 64.0 Å². The number of hydrogen-bond donors (Lipinski definition) is 2. The van der Waals surface area contributed by atoms with Gasteiger partial charge in [0.2, 0.25) is 5.91 Å². The number of nitriles is 1. The lowest BCUT2D eigenvalue weighted by atomic mass is 9.86. The van der Waals surface area contributed by atoms with Crippen molar-refractivity contribution in [2.45, 2.75) is 58.0 Å². The number of methoxy groups -OCH3 is 1. The van der Waals surface area contributed by atoms with Crippen LogP contribution in [-0.4, -0.2) is 73.9 Å². The van der Waals surface area contributed by atoms with E-state index < -0.39 is 23.2 Å². The second-order valence-electron chi connectivity index (χ2n) is 10.9. The van der Waals surface area contributed by atoms with E-state index in [1.54, 1.807) is 7.11 Å². The van der Waals surface area contributed by atoms with E-state index in [-0.39, 0.29) is 22.7 Å². The van der Waals surface area contributed by atoms with Crippen molar-refractivity contribution in [3.05, 3.63) is 34.6 Å². The summed E-state index contributed by atoms with van der Waals surface area (Å²) in [5.41, 5.74) is -1.02. The maximum absolute atomic E-state index is 13.7. The van der Waals surface area contributed by atoms with Crippen LogP contribution in [0.2, 0.25) is 0 Å². The number of ether oxygens (including phenoxy) is 2. The number of likely N-dealkylation sites (tertiary alicyclic amines) is 1. The summed E-state index contributed by atoms with van der Waals surface area (Å²) in [4.78, 5) is 31.7. The van der Waals surface area contributed by atoms with Crippen molar-refractivity contribution in [3.8, 4) is 6.07 Å². The zero-order chi connectivity index (χ0) is 27.8. The normalized spacial score (nSPS) is 16.6. The van der Waals surface area contributed by atoms with Crippen molar-refractivity contribution >= 4 is 22.7 Å². The topological polar surface area (TPSA) is 130 Å². The number of nitrogens with one attached hydrogen (secondary N) is 2. The van der Waals surface area contributed by atoms with Crippen molar-refractivity contribution in [3.63, 3.8) is 0 Å². The lowest BCUT2D eigenvalue weighted by Crippen LogP contribution is -2.57. The molecule has 0 spiro atoms. The van der Waals surface area contributed by atoms with Crippen molar-refractivity contribution in [2.24, 2.45) is 5.41 Å². The predicted molar refractivity (Wildman–Crippen MR) is 141 cm³/mol. The Bertz CT molecular complexity index is 1180. The van der Waals surface area contributed by atoms with E-state index in [4.69, 9.17) is 13.9 Å². The molecule has 0 unspecified atom stereocenters. The van der Waals surface area contributed by atoms with Gasteiger partial charge >= 0.3 is 5.76 Å². The Morgan fingerprint density at radius 2 is 2.03 bits per heavy atom. The number of amides is 1. The van der Waals surface area contributed by atoms with Crippen LogP contribution in [0, 0.1) is 22.6 Å². The van der Waals surface area contributed by atoms with Crippen LogP contribution in [0.4, 0.5) is 10.2 Å². The molecule has 1 aromatic carbocycles. The van der Waals surface area contributed by atoms with Gasteiger partial charge in [-0.05, 0) is 43.2 Å². The van der Waals surface area contributed by atoms with Crippen molar-refractivity contribution in [1.29, 1.82) is 5.26 Å². The summed E-state index contributed by atoms with van der Waals surface area (Å²) in [6, 6.07) is 5.36. The quantitative estimate of drug-likeness (QED) is 0.397. The second kappa shape index (κ2) is 13.1. The smallest absolute Gasteiger partial charge is 0.408 e. The largest absolute Gasteiger partial charge is 0.441 e. The van der Waals surface area contributed by atoms with Crippen molar-refractivity contribution in [2.75, 3.05) is 51.9 Å². The van der Waals surface area contributed by atoms with Gasteiger partial charge in [0.15, 0.2) is 0 Å². The van der Waals surface area contributed by atoms with Gasteiger partial charge in [-0.1, -0.05) is 20.8 Å². The number of hydrogen-bond acceptors (Lipinski definition) is 9. The number of aromatic nitrogens is 1. The fourth-order valence-electron chi connectivity index (χ4n) is 4.35. The number of benzene rings is 1. The first kappa shape index (κ1) is 29.5. The molecular formula is C27H38FN5O5. The third-order valence-electron chi connectivity index (χ3n) is 6.68. The molecule has 10 nitrogen and oxygen atoms in total. The lowest BCUT2D eigenvalue weighted by Gasteiger charge is -2.38. The number of rotatable bonds is 12. The molecule has 1 fully saturated rings. The summed E-state index contributed by atoms with van der Waals surface area (Å²) in [5, 5.41) is 16.5. The number of piperidine rings is 1. The summed E-state index contributed by atoms with van der Waals surface area (Å²) in [6.07, 6.45) is 2.10. The van der Waals surface area contributed by atoms with E-state index in [0.717, 1.165) is 12.6 Å². The molecule has 11 heteroatoms. The first-order chi connectivity index (χ1) is 18.0. The highest BCUT2D eigenvalue weighted by molar-refractivity contribution is 5.91. The summed E-state index contributed by atoms with van der Waals surface area (Å²) >= 11 is 0. The van der Waals surface area contributed by atoms with Gasteiger partial charge in [-0.15, -0.1) is 0 Å². The minimum absolute atomic E-state index is 0.0366. The Morgan fingerprint density at radius 3 is 2.68 bits per heavy atom. The Balaban J connectivity index is 1.72. The molecule has 208 valence electrons. The molecule has 0 saturated carbocycles. The molecule has 1 atom stereocenters. The van der Waals surface area contributed by atoms with Crippen LogP contribution in [0.15, 0.2) is 27.4 Å². The zero-order valence-electron chi connectivity index (χ0n) is 22.6. The van der Waals surface area contributed by atoms with E-state index in [2.05, 4.69) is 47.4 Å². The molecule has 1 amide bonds. The number of nitrogens with zero attached hydrogens (tertiary/aromatic N) is 3. The van der Waals surface area contributed by atoms with Crippen LogP contribution in [0.25, 0.3) is 11.0 Å². The molecule has 0 aliphatic carbocycles. The van der Waals surface area contributed by atoms with Gasteiger partial charge in [0.1, 0.15) is 28.8 Å². The summed E-state index contributed by atoms with van der Waals surface area (Å²) in [5.74, 6) is -1.66. The zero-order valence-corrected chi connectivity index (χ0v) is 22.6. The molecular weight excluding hydrogens is 493 g/mol. The minimum atomic E-state index is -1.000. The van der Waals surface area contributed by atoms with E-state index in [1.807, 2.05) is 0 Å². The van der Waals surface area contributed by atoms with Crippen molar-refractivity contribution in [1.82, 2.24) is 15.2 Å². The molecule has 0 radical (unpaired) electrons. The van der Waals surface area contributed by atoms with Gasteiger partial charge in [-0.25, -0.2) is 9.18 Å². The Morgan fingerprint density at radius 1 is 1.29 bits per heavy atom. The number of carbonyl (C=O) groups excluding carboxylic acids is 1. The first-order valence-corrected chi connectivity index (χ1v) is 12.9. The lowest BCUT2D eigenvalue weighted by molar-refractivity contribution is -0.124. The van der Waals surface area contributed by atoms with Crippen LogP contribution in [0.1, 0.15) is 46.5 Å². The third kappa shape index (κ3) is 8.48. The summed E-state index contributed by atoms with van der Waals surface area (Å²) in [6.45, 7) is 9.91. The van der Waals surface area contributed by atoms with Gasteiger partial charge in [0.05, 0.1) is 31.3 Å². The van der Waals surface area contributed by atoms with Crippen LogP contribution in [-0.2, 0) is 14.3 Å². The van der Waals surface area contributed by atoms with E-state index in [1.165, 1.54) is 12.1 Å². The molecule has 2 aromatic rings. The number of halogens is 1. The number of carbonyl (C=O) groups is 1. The molecule has 2 N–H and O–H groups in total. The standard InChI is InChI=1S/C27H38FN5O5/c1-26(2,3)8-7-21(30-23-20-6-5-19(28)17-22(20)38-25(35)31-23)24(34)32-27(18-29)9-11-33(12-10-27)13-14-37-16-15-36-4/h5-6,17,21H,7-16H2,1-4H3,(H,32,34)(H,30,31,35)/t21-/m1/s1. The third-order valence-corrected chi connectivity index (χ3v) is 6.68. The Kier molecular flexibility index (Phi) is 10.2. The van der Waals surface area contributed by atoms with Crippen LogP contribution in [0.5, 0.6) is 0 Å². The van der Waals surface area contributed by atoms with Crippen LogP contribution >= 0.6 is 0 Å². The van der Waals surface area contributed by atoms with Gasteiger partial charge in [0, 0.05) is 32.8 Å². The molecule has 1 aromatic heterocycles. The highest BCUT2D eigenvalue weighted by atomic mass is 19.1. The van der Waals surface area contributed by atoms with Crippen molar-refractivity contribution < 1.29 is 23.1 Å². The maximum atomic E-state index is 13.7. The second-order valence-corrected chi connectivity index (χ2v) is 10.9. The average molecular weight is 532 g/mol. The van der Waals surface area contributed by atoms with Gasteiger partial charge < -0.3 is 29.4 Å². The number of fused-ring (bicyclic) bond motifs is 1. The SMILES string of the molecule is COCCOCCN1CCC(C#N)(NC(=O)[C@@H](CCC(C)(C)C)Nc2nc(=O)oc3cc(F)ccc23)CC1. The molecule has 1 aliphatic rings. The summed E-state index contributed by atoms with van der Waals surface area (Å²) in [7, 11) is 1.63. The molecule has 0 bridgehead atoms. The molecule has 38 heavy (non-hydrogen) atoms. The highest BCUT2D eigenvalue weighted by Crippen LogP contribution is 2.27. The molecule has 3 rings (SSSR count).